The van der Waals surface area contributed by atoms with Gasteiger partial charge in [-0.15, -0.1) is 0 Å². The number of imidazole rings is 1. The van der Waals surface area contributed by atoms with Gasteiger partial charge < -0.3 is 19.4 Å². The number of sulfonamides is 1. The van der Waals surface area contributed by atoms with Crippen molar-refractivity contribution in [2.45, 2.75) is 37.2 Å². The zero-order chi connectivity index (χ0) is 21.7. The average molecular weight is 437 g/mol. The second-order valence-corrected chi connectivity index (χ2v) is 9.30. The Bertz CT molecular complexity index is 954. The maximum absolute atomic E-state index is 13.0. The van der Waals surface area contributed by atoms with E-state index >= 15 is 0 Å². The largest absolute Gasteiger partial charge is 0.493 e. The number of amides is 1. The number of piperidine rings is 1. The lowest BCUT2D eigenvalue weighted by Gasteiger charge is -2.31. The standard InChI is InChI=1S/C20H28N4O5S/c1-15(13-23-11-8-21-14-23)22-20(25)16-6-9-24(10-7-16)30(26,27)17-4-5-18(28-2)19(12-17)29-3/h4-5,8,11-12,14-16H,6-7,9-10,13H2,1-3H3,(H,22,25). The Kier molecular flexibility index (Phi) is 6.99. The maximum Gasteiger partial charge on any atom is 0.243 e. The van der Waals surface area contributed by atoms with Crippen LogP contribution in [0.1, 0.15) is 19.8 Å². The van der Waals surface area contributed by atoms with Crippen LogP contribution in [-0.4, -0.2) is 61.5 Å². The predicted molar refractivity (Wildman–Crippen MR) is 111 cm³/mol. The summed E-state index contributed by atoms with van der Waals surface area (Å²) in [6, 6.07) is 4.51. The van der Waals surface area contributed by atoms with E-state index in [-0.39, 0.29) is 22.8 Å². The third-order valence-corrected chi connectivity index (χ3v) is 7.14. The van der Waals surface area contributed by atoms with Crippen molar-refractivity contribution in [3.63, 3.8) is 0 Å². The molecule has 1 N–H and O–H groups in total. The van der Waals surface area contributed by atoms with E-state index in [9.17, 15) is 13.2 Å². The van der Waals surface area contributed by atoms with Gasteiger partial charge in [-0.05, 0) is 31.9 Å². The summed E-state index contributed by atoms with van der Waals surface area (Å²) >= 11 is 0. The fraction of sp³-hybridized carbons (Fsp3) is 0.500. The molecular formula is C20H28N4O5S. The third-order valence-electron chi connectivity index (χ3n) is 5.25. The van der Waals surface area contributed by atoms with Gasteiger partial charge in [-0.2, -0.15) is 4.31 Å². The molecule has 3 rings (SSSR count). The van der Waals surface area contributed by atoms with Crippen LogP contribution in [-0.2, 0) is 21.4 Å². The highest BCUT2D eigenvalue weighted by Crippen LogP contribution is 2.32. The molecule has 30 heavy (non-hydrogen) atoms. The van der Waals surface area contributed by atoms with E-state index < -0.39 is 10.0 Å². The highest BCUT2D eigenvalue weighted by molar-refractivity contribution is 7.89. The lowest BCUT2D eigenvalue weighted by molar-refractivity contribution is -0.126. The topological polar surface area (TPSA) is 103 Å². The normalized spacial score (nSPS) is 16.8. The zero-order valence-electron chi connectivity index (χ0n) is 17.4. The summed E-state index contributed by atoms with van der Waals surface area (Å²) in [5.41, 5.74) is 0. The first-order valence-corrected chi connectivity index (χ1v) is 11.3. The molecular weight excluding hydrogens is 408 g/mol. The number of hydrogen-bond acceptors (Lipinski definition) is 6. The summed E-state index contributed by atoms with van der Waals surface area (Å²) in [6.45, 7) is 3.17. The molecule has 1 aromatic heterocycles. The SMILES string of the molecule is COc1ccc(S(=O)(=O)N2CCC(C(=O)NC(C)Cn3ccnc3)CC2)cc1OC. The molecule has 1 amide bonds. The van der Waals surface area contributed by atoms with Crippen LogP contribution < -0.4 is 14.8 Å². The summed E-state index contributed by atoms with van der Waals surface area (Å²) in [4.78, 5) is 16.7. The Balaban J connectivity index is 1.58. The minimum atomic E-state index is -3.67. The van der Waals surface area contributed by atoms with Gasteiger partial charge in [0, 0.05) is 50.1 Å². The van der Waals surface area contributed by atoms with Gasteiger partial charge in [0.2, 0.25) is 15.9 Å². The van der Waals surface area contributed by atoms with Gasteiger partial charge >= 0.3 is 0 Å². The Hall–Kier alpha value is -2.59. The molecule has 1 aliphatic heterocycles. The molecule has 1 saturated heterocycles. The van der Waals surface area contributed by atoms with Crippen molar-refractivity contribution in [2.24, 2.45) is 5.92 Å². The molecule has 1 atom stereocenters. The Morgan fingerprint density at radius 3 is 2.53 bits per heavy atom. The van der Waals surface area contributed by atoms with Crippen molar-refractivity contribution in [1.29, 1.82) is 0 Å². The zero-order valence-corrected chi connectivity index (χ0v) is 18.3. The van der Waals surface area contributed by atoms with Gasteiger partial charge in [-0.25, -0.2) is 13.4 Å². The number of rotatable bonds is 8. The van der Waals surface area contributed by atoms with Crippen molar-refractivity contribution < 1.29 is 22.7 Å². The Morgan fingerprint density at radius 1 is 1.23 bits per heavy atom. The van der Waals surface area contributed by atoms with Crippen molar-refractivity contribution in [2.75, 3.05) is 27.3 Å². The molecule has 1 fully saturated rings. The van der Waals surface area contributed by atoms with Crippen molar-refractivity contribution in [3.8, 4) is 11.5 Å². The second-order valence-electron chi connectivity index (χ2n) is 7.36. The van der Waals surface area contributed by atoms with Crippen LogP contribution in [0.5, 0.6) is 11.5 Å². The van der Waals surface area contributed by atoms with E-state index in [0.717, 1.165) is 0 Å². The van der Waals surface area contributed by atoms with E-state index in [0.29, 0.717) is 44.0 Å². The molecule has 0 radical (unpaired) electrons. The molecule has 2 aromatic rings. The molecule has 0 saturated carbocycles. The lowest BCUT2D eigenvalue weighted by atomic mass is 9.97. The lowest BCUT2D eigenvalue weighted by Crippen LogP contribution is -2.45. The highest BCUT2D eigenvalue weighted by atomic mass is 32.2. The smallest absolute Gasteiger partial charge is 0.243 e. The van der Waals surface area contributed by atoms with Crippen molar-refractivity contribution >= 4 is 15.9 Å². The number of aromatic nitrogens is 2. The number of ether oxygens (including phenoxy) is 2. The average Bonchev–Trinajstić information content (AvgIpc) is 3.26. The molecule has 0 spiro atoms. The maximum atomic E-state index is 13.0. The molecule has 1 unspecified atom stereocenters. The van der Waals surface area contributed by atoms with Gasteiger partial charge in [0.05, 0.1) is 25.4 Å². The third kappa shape index (κ3) is 4.93. The molecule has 0 bridgehead atoms. The van der Waals surface area contributed by atoms with Crippen molar-refractivity contribution in [3.05, 3.63) is 36.9 Å². The summed E-state index contributed by atoms with van der Waals surface area (Å²) in [6.07, 6.45) is 6.22. The number of carbonyl (C=O) groups excluding carboxylic acids is 1. The molecule has 0 aliphatic carbocycles. The number of benzene rings is 1. The van der Waals surface area contributed by atoms with Crippen LogP contribution in [0.2, 0.25) is 0 Å². The van der Waals surface area contributed by atoms with Crippen LogP contribution in [0.15, 0.2) is 41.8 Å². The van der Waals surface area contributed by atoms with Gasteiger partial charge in [0.1, 0.15) is 0 Å². The van der Waals surface area contributed by atoms with E-state index in [4.69, 9.17) is 9.47 Å². The van der Waals surface area contributed by atoms with Crippen molar-refractivity contribution in [1.82, 2.24) is 19.2 Å². The van der Waals surface area contributed by atoms with Crippen LogP contribution in [0.25, 0.3) is 0 Å². The van der Waals surface area contributed by atoms with E-state index in [1.54, 1.807) is 18.6 Å². The summed E-state index contributed by atoms with van der Waals surface area (Å²) in [7, 11) is -0.708. The fourth-order valence-electron chi connectivity index (χ4n) is 3.60. The van der Waals surface area contributed by atoms with Gasteiger partial charge in [0.25, 0.3) is 0 Å². The van der Waals surface area contributed by atoms with Crippen LogP contribution >= 0.6 is 0 Å². The number of methoxy groups -OCH3 is 2. The van der Waals surface area contributed by atoms with Crippen LogP contribution in [0.3, 0.4) is 0 Å². The number of nitrogens with one attached hydrogen (secondary N) is 1. The molecule has 10 heteroatoms. The summed E-state index contributed by atoms with van der Waals surface area (Å²) in [5, 5.41) is 3.01. The van der Waals surface area contributed by atoms with Gasteiger partial charge in [-0.3, -0.25) is 4.79 Å². The monoisotopic (exact) mass is 436 g/mol. The van der Waals surface area contributed by atoms with E-state index in [1.807, 2.05) is 17.7 Å². The summed E-state index contributed by atoms with van der Waals surface area (Å²) < 4.78 is 39.7. The Morgan fingerprint density at radius 2 is 1.93 bits per heavy atom. The first kappa shape index (κ1) is 22.1. The van der Waals surface area contributed by atoms with E-state index in [2.05, 4.69) is 10.3 Å². The fourth-order valence-corrected chi connectivity index (χ4v) is 5.09. The molecule has 1 aliphatic rings. The first-order valence-electron chi connectivity index (χ1n) is 9.83. The van der Waals surface area contributed by atoms with Gasteiger partial charge in [0.15, 0.2) is 11.5 Å². The number of nitrogens with zero attached hydrogens (tertiary/aromatic N) is 3. The van der Waals surface area contributed by atoms with Crippen LogP contribution in [0, 0.1) is 5.92 Å². The Labute approximate surface area is 177 Å². The molecule has 164 valence electrons. The number of carbonyl (C=O) groups is 1. The quantitative estimate of drug-likeness (QED) is 0.673. The van der Waals surface area contributed by atoms with E-state index in [1.165, 1.54) is 30.7 Å². The minimum Gasteiger partial charge on any atom is -0.493 e. The summed E-state index contributed by atoms with van der Waals surface area (Å²) in [5.74, 6) is 0.592. The predicted octanol–water partition coefficient (Wildman–Crippen LogP) is 1.51. The van der Waals surface area contributed by atoms with Gasteiger partial charge in [-0.1, -0.05) is 0 Å². The molecule has 9 nitrogen and oxygen atoms in total. The molecule has 2 heterocycles. The molecule has 1 aromatic carbocycles. The first-order chi connectivity index (χ1) is 14.3. The van der Waals surface area contributed by atoms with Crippen LogP contribution in [0.4, 0.5) is 0 Å². The highest BCUT2D eigenvalue weighted by Gasteiger charge is 2.33. The second kappa shape index (κ2) is 9.48. The number of hydrogen-bond donors (Lipinski definition) is 1. The minimum absolute atomic E-state index is 0.0363.